The summed E-state index contributed by atoms with van der Waals surface area (Å²) in [5.41, 5.74) is 0. The van der Waals surface area contributed by atoms with Crippen LogP contribution >= 0.6 is 0 Å². The van der Waals surface area contributed by atoms with Crippen molar-refractivity contribution >= 4 is 11.9 Å². The van der Waals surface area contributed by atoms with E-state index in [4.69, 9.17) is 4.74 Å². The average molecular weight is 1120 g/mol. The van der Waals surface area contributed by atoms with Gasteiger partial charge < -0.3 is 20.3 Å². The maximum Gasteiger partial charge on any atom is 0.305 e. The van der Waals surface area contributed by atoms with E-state index in [1.54, 1.807) is 6.08 Å². The first kappa shape index (κ1) is 77.8. The summed E-state index contributed by atoms with van der Waals surface area (Å²) in [6, 6.07) is -0.630. The third kappa shape index (κ3) is 65.0. The molecule has 1 amide bonds. The van der Waals surface area contributed by atoms with Gasteiger partial charge in [0.1, 0.15) is 0 Å². The van der Waals surface area contributed by atoms with Crippen molar-refractivity contribution in [2.45, 2.75) is 398 Å². The molecule has 80 heavy (non-hydrogen) atoms. The summed E-state index contributed by atoms with van der Waals surface area (Å²) >= 11 is 0. The van der Waals surface area contributed by atoms with Gasteiger partial charge in [-0.15, -0.1) is 0 Å². The highest BCUT2D eigenvalue weighted by molar-refractivity contribution is 5.76. The van der Waals surface area contributed by atoms with E-state index >= 15 is 0 Å². The van der Waals surface area contributed by atoms with Gasteiger partial charge in [-0.05, 0) is 89.9 Å². The Hall–Kier alpha value is -2.18. The number of ether oxygens (including phenoxy) is 1. The lowest BCUT2D eigenvalue weighted by Crippen LogP contribution is -2.45. The number of hydrogen-bond donors (Lipinski definition) is 3. The number of carbonyl (C=O) groups is 2. The Kier molecular flexibility index (Phi) is 67.4. The number of unbranched alkanes of at least 4 members (excludes halogenated alkanes) is 50. The number of allylic oxidation sites excluding steroid dienone is 7. The maximum atomic E-state index is 12.5. The third-order valence-electron chi connectivity index (χ3n) is 16.6. The molecule has 0 heterocycles. The van der Waals surface area contributed by atoms with Crippen molar-refractivity contribution in [3.8, 4) is 0 Å². The predicted molar refractivity (Wildman–Crippen MR) is 352 cm³/mol. The molecule has 6 heteroatoms. The van der Waals surface area contributed by atoms with Crippen LogP contribution in [-0.4, -0.2) is 47.4 Å². The first-order valence-corrected chi connectivity index (χ1v) is 35.9. The van der Waals surface area contributed by atoms with Crippen LogP contribution < -0.4 is 5.32 Å². The average Bonchev–Trinajstić information content (AvgIpc) is 3.46. The van der Waals surface area contributed by atoms with Gasteiger partial charge in [0.2, 0.25) is 5.91 Å². The van der Waals surface area contributed by atoms with Crippen LogP contribution in [0.2, 0.25) is 0 Å². The van der Waals surface area contributed by atoms with Crippen LogP contribution in [0.4, 0.5) is 0 Å². The summed E-state index contributed by atoms with van der Waals surface area (Å²) in [7, 11) is 0. The Morgan fingerprint density at radius 1 is 0.350 bits per heavy atom. The second kappa shape index (κ2) is 69.3. The molecule has 0 aliphatic heterocycles. The van der Waals surface area contributed by atoms with Gasteiger partial charge in [-0.25, -0.2) is 0 Å². The van der Waals surface area contributed by atoms with Crippen LogP contribution in [-0.2, 0) is 14.3 Å². The highest BCUT2D eigenvalue weighted by Gasteiger charge is 2.18. The summed E-state index contributed by atoms with van der Waals surface area (Å²) < 4.78 is 5.48. The molecule has 0 saturated carbocycles. The molecule has 0 saturated heterocycles. The topological polar surface area (TPSA) is 95.9 Å². The summed E-state index contributed by atoms with van der Waals surface area (Å²) in [5, 5.41) is 23.2. The van der Waals surface area contributed by atoms with Crippen molar-refractivity contribution in [1.82, 2.24) is 5.32 Å². The van der Waals surface area contributed by atoms with Crippen LogP contribution in [0.15, 0.2) is 48.6 Å². The van der Waals surface area contributed by atoms with Gasteiger partial charge in [0.15, 0.2) is 0 Å². The molecule has 0 bridgehead atoms. The molecule has 3 N–H and O–H groups in total. The van der Waals surface area contributed by atoms with E-state index in [0.717, 1.165) is 51.4 Å². The van der Waals surface area contributed by atoms with Crippen molar-refractivity contribution < 1.29 is 24.5 Å². The number of nitrogens with one attached hydrogen (secondary N) is 1. The summed E-state index contributed by atoms with van der Waals surface area (Å²) in [6.45, 7) is 4.92. The first-order valence-electron chi connectivity index (χ1n) is 35.9. The Bertz CT molecular complexity index is 1340. The van der Waals surface area contributed by atoms with E-state index in [1.165, 1.54) is 308 Å². The van der Waals surface area contributed by atoms with Crippen molar-refractivity contribution in [1.29, 1.82) is 0 Å². The first-order chi connectivity index (χ1) is 39.5. The van der Waals surface area contributed by atoms with E-state index < -0.39 is 12.1 Å². The van der Waals surface area contributed by atoms with E-state index in [-0.39, 0.29) is 18.5 Å². The SMILES string of the molecule is CCCCCCC/C=C\CCCCCCCC(=O)OCCCCCCCCCCC/C=C\C/C=C\CCCCCCCCCCCCCCCC(=O)NC(CO)C(O)/C=C/CCCCCCCCCCCCCCCCCCCC. The minimum atomic E-state index is -0.847. The van der Waals surface area contributed by atoms with Crippen molar-refractivity contribution in [3.63, 3.8) is 0 Å². The number of amides is 1. The Morgan fingerprint density at radius 3 is 0.963 bits per heavy atom. The zero-order valence-corrected chi connectivity index (χ0v) is 53.8. The normalized spacial score (nSPS) is 12.8. The third-order valence-corrected chi connectivity index (χ3v) is 16.6. The molecule has 470 valence electrons. The van der Waals surface area contributed by atoms with Crippen LogP contribution in [0.3, 0.4) is 0 Å². The molecule has 0 rings (SSSR count). The van der Waals surface area contributed by atoms with E-state index in [1.807, 2.05) is 6.08 Å². The highest BCUT2D eigenvalue weighted by atomic mass is 16.5. The van der Waals surface area contributed by atoms with Gasteiger partial charge in [0, 0.05) is 12.8 Å². The number of rotatable bonds is 67. The molecule has 0 spiro atoms. The highest BCUT2D eigenvalue weighted by Crippen LogP contribution is 2.18. The minimum absolute atomic E-state index is 0.00328. The Morgan fingerprint density at radius 2 is 0.625 bits per heavy atom. The largest absolute Gasteiger partial charge is 0.466 e. The van der Waals surface area contributed by atoms with Crippen molar-refractivity contribution in [2.75, 3.05) is 13.2 Å². The molecule has 0 aliphatic rings. The maximum absolute atomic E-state index is 12.5. The fourth-order valence-corrected chi connectivity index (χ4v) is 11.1. The summed E-state index contributed by atoms with van der Waals surface area (Å²) in [5.74, 6) is -0.0627. The molecule has 0 aromatic heterocycles. The number of esters is 1. The van der Waals surface area contributed by atoms with Gasteiger partial charge in [-0.2, -0.15) is 0 Å². The number of aliphatic hydroxyl groups is 2. The van der Waals surface area contributed by atoms with Crippen molar-refractivity contribution in [2.24, 2.45) is 0 Å². The summed E-state index contributed by atoms with van der Waals surface area (Å²) in [6.07, 6.45) is 90.5. The number of aliphatic hydroxyl groups excluding tert-OH is 2. The van der Waals surface area contributed by atoms with Crippen LogP contribution in [0, 0.1) is 0 Å². The molecule has 0 aromatic rings. The monoisotopic (exact) mass is 1120 g/mol. The molecule has 0 fully saturated rings. The number of carbonyl (C=O) groups excluding carboxylic acids is 2. The lowest BCUT2D eigenvalue weighted by atomic mass is 10.0. The zero-order chi connectivity index (χ0) is 57.8. The molecular weight excluding hydrogens is 983 g/mol. The van der Waals surface area contributed by atoms with Crippen LogP contribution in [0.1, 0.15) is 386 Å². The quantitative estimate of drug-likeness (QED) is 0.0320. The fraction of sp³-hybridized carbons (Fsp3) is 0.865. The van der Waals surface area contributed by atoms with Gasteiger partial charge in [-0.1, -0.05) is 332 Å². The van der Waals surface area contributed by atoms with Crippen LogP contribution in [0.5, 0.6) is 0 Å². The lowest BCUT2D eigenvalue weighted by molar-refractivity contribution is -0.143. The molecule has 2 atom stereocenters. The van der Waals surface area contributed by atoms with E-state index in [0.29, 0.717) is 19.4 Å². The van der Waals surface area contributed by atoms with Crippen LogP contribution in [0.25, 0.3) is 0 Å². The number of hydrogen-bond acceptors (Lipinski definition) is 5. The van der Waals surface area contributed by atoms with Gasteiger partial charge >= 0.3 is 5.97 Å². The van der Waals surface area contributed by atoms with E-state index in [9.17, 15) is 19.8 Å². The van der Waals surface area contributed by atoms with Crippen molar-refractivity contribution in [3.05, 3.63) is 48.6 Å². The molecule has 0 radical (unpaired) electrons. The smallest absolute Gasteiger partial charge is 0.305 e. The minimum Gasteiger partial charge on any atom is -0.466 e. The Labute approximate surface area is 499 Å². The summed E-state index contributed by atoms with van der Waals surface area (Å²) in [4.78, 5) is 24.6. The second-order valence-electron chi connectivity index (χ2n) is 24.6. The van der Waals surface area contributed by atoms with Gasteiger partial charge in [-0.3, -0.25) is 9.59 Å². The fourth-order valence-electron chi connectivity index (χ4n) is 11.1. The molecule has 6 nitrogen and oxygen atoms in total. The molecule has 0 aliphatic carbocycles. The molecule has 2 unspecified atom stereocenters. The lowest BCUT2D eigenvalue weighted by Gasteiger charge is -2.20. The van der Waals surface area contributed by atoms with Gasteiger partial charge in [0.05, 0.1) is 25.4 Å². The van der Waals surface area contributed by atoms with Gasteiger partial charge in [0.25, 0.3) is 0 Å². The second-order valence-corrected chi connectivity index (χ2v) is 24.6. The van der Waals surface area contributed by atoms with E-state index in [2.05, 4.69) is 55.6 Å². The molecular formula is C74H139NO5. The predicted octanol–water partition coefficient (Wildman–Crippen LogP) is 23.3. The zero-order valence-electron chi connectivity index (χ0n) is 53.8. The Balaban J connectivity index is 3.43. The molecule has 0 aromatic carbocycles. The standard InChI is InChI=1S/C74H139NO5/c1-3-5-7-9-11-13-15-17-19-20-21-33-36-39-42-46-50-54-58-62-66-72(77)71(70-76)75-73(78)67-63-59-55-51-47-43-40-37-34-31-29-27-25-23-22-24-26-28-30-32-35-38-41-45-49-53-57-61-65-69-80-74(79)68-64-60-56-52-48-44-18-16-14-12-10-8-6-4-2/h16,18,22,24,28,30,62,66,71-72,76-77H,3-15,17,19-21,23,25-27,29,31-61,63-65,67-70H2,1-2H3,(H,75,78)/b18-16-,24-22-,30-28-,66-62+.